The first kappa shape index (κ1) is 14.8. The van der Waals surface area contributed by atoms with Gasteiger partial charge in [0, 0.05) is 25.6 Å². The first-order chi connectivity index (χ1) is 9.65. The smallest absolute Gasteiger partial charge is 0.313 e. The van der Waals surface area contributed by atoms with Crippen LogP contribution in [0.5, 0.6) is 0 Å². The van der Waals surface area contributed by atoms with Crippen molar-refractivity contribution in [2.45, 2.75) is 12.0 Å². The van der Waals surface area contributed by atoms with Crippen LogP contribution >= 0.6 is 11.8 Å². The molecular formula is C13H17N3O3S. The summed E-state index contributed by atoms with van der Waals surface area (Å²) in [5.41, 5.74) is 0.139. The van der Waals surface area contributed by atoms with Gasteiger partial charge < -0.3 is 15.4 Å². The summed E-state index contributed by atoms with van der Waals surface area (Å²) in [6.07, 6.45) is 3.95. The van der Waals surface area contributed by atoms with Crippen LogP contribution in [-0.2, 0) is 14.3 Å². The summed E-state index contributed by atoms with van der Waals surface area (Å²) < 4.78 is 5.47. The lowest BCUT2D eigenvalue weighted by Gasteiger charge is -2.26. The Morgan fingerprint density at radius 2 is 2.35 bits per heavy atom. The summed E-state index contributed by atoms with van der Waals surface area (Å²) in [6.45, 7) is 0.343. The second-order valence-corrected chi connectivity index (χ2v) is 5.67. The van der Waals surface area contributed by atoms with E-state index in [1.54, 1.807) is 37.2 Å². The first-order valence-electron chi connectivity index (χ1n) is 6.27. The molecule has 1 fully saturated rings. The second-order valence-electron chi connectivity index (χ2n) is 4.57. The molecule has 0 aliphatic carbocycles. The lowest BCUT2D eigenvalue weighted by atomic mass is 10.0. The van der Waals surface area contributed by atoms with Gasteiger partial charge in [0.15, 0.2) is 0 Å². The third-order valence-electron chi connectivity index (χ3n) is 3.20. The Hall–Kier alpha value is -1.60. The molecule has 2 N–H and O–H groups in total. The Bertz CT molecular complexity index is 475. The number of anilines is 1. The number of pyridine rings is 1. The van der Waals surface area contributed by atoms with Gasteiger partial charge in [-0.15, -0.1) is 0 Å². The summed E-state index contributed by atoms with van der Waals surface area (Å²) in [5, 5.41) is 5.11. The maximum absolute atomic E-state index is 11.8. The molecule has 0 bridgehead atoms. The van der Waals surface area contributed by atoms with Crippen molar-refractivity contribution in [1.29, 1.82) is 0 Å². The molecule has 1 saturated heterocycles. The SMILES string of the molecule is CO[C@]1(CNC(=O)C(=O)Nc2cccnc2)CCSC1. The number of methoxy groups -OCH3 is 1. The maximum Gasteiger partial charge on any atom is 0.313 e. The minimum absolute atomic E-state index is 0.343. The number of carbonyl (C=O) groups is 2. The van der Waals surface area contributed by atoms with Crippen molar-refractivity contribution in [1.82, 2.24) is 10.3 Å². The van der Waals surface area contributed by atoms with Gasteiger partial charge >= 0.3 is 11.8 Å². The number of amides is 2. The molecule has 0 saturated carbocycles. The molecule has 1 aliphatic heterocycles. The van der Waals surface area contributed by atoms with E-state index in [1.807, 2.05) is 0 Å². The first-order valence-corrected chi connectivity index (χ1v) is 7.43. The molecule has 1 aliphatic rings. The van der Waals surface area contributed by atoms with E-state index in [1.165, 1.54) is 6.20 Å². The van der Waals surface area contributed by atoms with Crippen molar-refractivity contribution in [2.75, 3.05) is 30.5 Å². The Morgan fingerprint density at radius 3 is 2.95 bits per heavy atom. The number of aromatic nitrogens is 1. The zero-order valence-corrected chi connectivity index (χ0v) is 12.0. The fourth-order valence-electron chi connectivity index (χ4n) is 1.91. The van der Waals surface area contributed by atoms with Crippen molar-refractivity contribution in [3.63, 3.8) is 0 Å². The van der Waals surface area contributed by atoms with Crippen LogP contribution in [0, 0.1) is 0 Å². The molecule has 2 rings (SSSR count). The molecular weight excluding hydrogens is 278 g/mol. The molecule has 1 atom stereocenters. The second kappa shape index (κ2) is 6.71. The van der Waals surface area contributed by atoms with Crippen LogP contribution in [-0.4, -0.2) is 47.6 Å². The Balaban J connectivity index is 1.84. The van der Waals surface area contributed by atoms with Crippen LogP contribution in [0.25, 0.3) is 0 Å². The van der Waals surface area contributed by atoms with Crippen LogP contribution in [0.4, 0.5) is 5.69 Å². The molecule has 1 aromatic heterocycles. The lowest BCUT2D eigenvalue weighted by molar-refractivity contribution is -0.136. The average molecular weight is 295 g/mol. The van der Waals surface area contributed by atoms with E-state index in [-0.39, 0.29) is 5.60 Å². The molecule has 0 aromatic carbocycles. The van der Waals surface area contributed by atoms with E-state index in [4.69, 9.17) is 4.74 Å². The van der Waals surface area contributed by atoms with Crippen LogP contribution in [0.15, 0.2) is 24.5 Å². The van der Waals surface area contributed by atoms with Gasteiger partial charge in [-0.1, -0.05) is 0 Å². The van der Waals surface area contributed by atoms with Gasteiger partial charge in [-0.2, -0.15) is 11.8 Å². The number of nitrogens with zero attached hydrogens (tertiary/aromatic N) is 1. The number of hydrogen-bond acceptors (Lipinski definition) is 5. The highest BCUT2D eigenvalue weighted by molar-refractivity contribution is 7.99. The molecule has 0 unspecified atom stereocenters. The number of nitrogens with one attached hydrogen (secondary N) is 2. The van der Waals surface area contributed by atoms with E-state index in [0.29, 0.717) is 12.2 Å². The Morgan fingerprint density at radius 1 is 1.50 bits per heavy atom. The van der Waals surface area contributed by atoms with Crippen LogP contribution in [0.2, 0.25) is 0 Å². The predicted octanol–water partition coefficient (Wildman–Crippen LogP) is 0.658. The van der Waals surface area contributed by atoms with Crippen molar-refractivity contribution in [3.05, 3.63) is 24.5 Å². The normalized spacial score (nSPS) is 21.4. The van der Waals surface area contributed by atoms with E-state index in [9.17, 15) is 9.59 Å². The fraction of sp³-hybridized carbons (Fsp3) is 0.462. The van der Waals surface area contributed by atoms with Gasteiger partial charge in [0.05, 0.1) is 17.5 Å². The molecule has 0 spiro atoms. The number of hydrogen-bond donors (Lipinski definition) is 2. The van der Waals surface area contributed by atoms with Crippen molar-refractivity contribution in [3.8, 4) is 0 Å². The van der Waals surface area contributed by atoms with Gasteiger partial charge in [-0.25, -0.2) is 0 Å². The molecule has 2 heterocycles. The highest BCUT2D eigenvalue weighted by Crippen LogP contribution is 2.30. The average Bonchev–Trinajstić information content (AvgIpc) is 2.95. The van der Waals surface area contributed by atoms with E-state index < -0.39 is 11.8 Å². The summed E-state index contributed by atoms with van der Waals surface area (Å²) in [5.74, 6) is 0.469. The third kappa shape index (κ3) is 3.71. The molecule has 7 heteroatoms. The highest BCUT2D eigenvalue weighted by atomic mass is 32.2. The molecule has 2 amide bonds. The van der Waals surface area contributed by atoms with E-state index >= 15 is 0 Å². The van der Waals surface area contributed by atoms with Crippen LogP contribution in [0.1, 0.15) is 6.42 Å². The van der Waals surface area contributed by atoms with Gasteiger partial charge in [0.2, 0.25) is 0 Å². The Labute approximate surface area is 121 Å². The summed E-state index contributed by atoms with van der Waals surface area (Å²) in [7, 11) is 1.63. The molecule has 0 radical (unpaired) electrons. The number of ether oxygens (including phenoxy) is 1. The minimum Gasteiger partial charge on any atom is -0.376 e. The van der Waals surface area contributed by atoms with Gasteiger partial charge in [0.25, 0.3) is 0 Å². The molecule has 1 aromatic rings. The topological polar surface area (TPSA) is 80.3 Å². The fourth-order valence-corrected chi connectivity index (χ4v) is 3.30. The standard InChI is InChI=1S/C13H17N3O3S/c1-19-13(4-6-20-9-13)8-15-11(17)12(18)16-10-3-2-5-14-7-10/h2-3,5,7H,4,6,8-9H2,1H3,(H,15,17)(H,16,18)/t13-/m0/s1. The number of thioether (sulfide) groups is 1. The highest BCUT2D eigenvalue weighted by Gasteiger charge is 2.35. The molecule has 108 valence electrons. The number of rotatable bonds is 4. The zero-order chi connectivity index (χ0) is 14.4. The van der Waals surface area contributed by atoms with Crippen molar-refractivity contribution < 1.29 is 14.3 Å². The van der Waals surface area contributed by atoms with Gasteiger partial charge in [-0.3, -0.25) is 14.6 Å². The summed E-state index contributed by atoms with van der Waals surface area (Å²) in [4.78, 5) is 27.3. The Kier molecular flexibility index (Phi) is 4.97. The minimum atomic E-state index is -0.699. The number of carbonyl (C=O) groups excluding carboxylic acids is 2. The van der Waals surface area contributed by atoms with Gasteiger partial charge in [-0.05, 0) is 24.3 Å². The molecule has 20 heavy (non-hydrogen) atoms. The zero-order valence-electron chi connectivity index (χ0n) is 11.2. The molecule has 6 nitrogen and oxygen atoms in total. The third-order valence-corrected chi connectivity index (χ3v) is 4.42. The van der Waals surface area contributed by atoms with Gasteiger partial charge in [0.1, 0.15) is 0 Å². The quantitative estimate of drug-likeness (QED) is 0.798. The van der Waals surface area contributed by atoms with Crippen LogP contribution < -0.4 is 10.6 Å². The summed E-state index contributed by atoms with van der Waals surface area (Å²) >= 11 is 1.78. The van der Waals surface area contributed by atoms with Crippen LogP contribution in [0.3, 0.4) is 0 Å². The largest absolute Gasteiger partial charge is 0.376 e. The summed E-state index contributed by atoms with van der Waals surface area (Å²) in [6, 6.07) is 3.35. The van der Waals surface area contributed by atoms with E-state index in [2.05, 4.69) is 15.6 Å². The lowest BCUT2D eigenvalue weighted by Crippen LogP contribution is -2.47. The van der Waals surface area contributed by atoms with E-state index in [0.717, 1.165) is 17.9 Å². The maximum atomic E-state index is 11.8. The van der Waals surface area contributed by atoms with Crippen molar-refractivity contribution in [2.24, 2.45) is 0 Å². The van der Waals surface area contributed by atoms with Crippen molar-refractivity contribution >= 4 is 29.3 Å². The predicted molar refractivity (Wildman–Crippen MR) is 77.6 cm³/mol. The monoisotopic (exact) mass is 295 g/mol.